The third-order valence-corrected chi connectivity index (χ3v) is 5.46. The number of amides is 1. The number of rotatable bonds is 3. The first-order valence-corrected chi connectivity index (χ1v) is 9.43. The molecule has 128 valence electrons. The molecule has 2 aliphatic heterocycles. The maximum atomic E-state index is 12.8. The van der Waals surface area contributed by atoms with Crippen LogP contribution in [0.2, 0.25) is 0 Å². The van der Waals surface area contributed by atoms with Crippen LogP contribution in [0.3, 0.4) is 0 Å². The summed E-state index contributed by atoms with van der Waals surface area (Å²) in [6.45, 7) is 3.81. The molecule has 2 aromatic rings. The lowest BCUT2D eigenvalue weighted by Crippen LogP contribution is -2.42. The molecule has 4 rings (SSSR count). The monoisotopic (exact) mass is 346 g/mol. The first-order chi connectivity index (χ1) is 11.8. The van der Waals surface area contributed by atoms with Gasteiger partial charge in [-0.15, -0.1) is 0 Å². The number of nitrogens with zero attached hydrogens (tertiary/aromatic N) is 3. The quantitative estimate of drug-likeness (QED) is 0.924. The Bertz CT molecular complexity index is 679. The van der Waals surface area contributed by atoms with E-state index in [0.29, 0.717) is 31.3 Å². The summed E-state index contributed by atoms with van der Waals surface area (Å²) in [5.41, 5.74) is 1.83. The van der Waals surface area contributed by atoms with Crippen LogP contribution >= 0.6 is 11.3 Å². The molecule has 7 heteroatoms. The minimum Gasteiger partial charge on any atom is -0.370 e. The van der Waals surface area contributed by atoms with Crippen molar-refractivity contribution in [1.82, 2.24) is 20.0 Å². The number of hydrogen-bond acceptors (Lipinski definition) is 5. The van der Waals surface area contributed by atoms with Crippen molar-refractivity contribution in [1.29, 1.82) is 0 Å². The highest BCUT2D eigenvalue weighted by molar-refractivity contribution is 7.07. The van der Waals surface area contributed by atoms with Crippen molar-refractivity contribution in [3.05, 3.63) is 40.3 Å². The van der Waals surface area contributed by atoms with Crippen LogP contribution in [-0.4, -0.2) is 53.4 Å². The summed E-state index contributed by atoms with van der Waals surface area (Å²) in [6, 6.07) is 2.42. The van der Waals surface area contributed by atoms with Crippen LogP contribution < -0.4 is 5.32 Å². The second kappa shape index (κ2) is 7.04. The number of morpholine rings is 1. The van der Waals surface area contributed by atoms with E-state index in [-0.39, 0.29) is 12.0 Å². The number of piperidine rings is 1. The third kappa shape index (κ3) is 3.24. The predicted molar refractivity (Wildman–Crippen MR) is 92.3 cm³/mol. The summed E-state index contributed by atoms with van der Waals surface area (Å²) in [7, 11) is 0. The van der Waals surface area contributed by atoms with Gasteiger partial charge in [0, 0.05) is 19.3 Å². The standard InChI is InChI=1S/C17H22N4O2S/c22-17(14-8-19-21(10-14)15-2-1-4-18-9-15)20-5-6-23-16(11-20)13-3-7-24-12-13/h3,7-8,10,12,15-16,18H,1-2,4-6,9,11H2. The second-order valence-corrected chi connectivity index (χ2v) is 7.16. The summed E-state index contributed by atoms with van der Waals surface area (Å²) in [5, 5.41) is 11.9. The number of carbonyl (C=O) groups is 1. The Balaban J connectivity index is 1.44. The van der Waals surface area contributed by atoms with Gasteiger partial charge in [0.15, 0.2) is 0 Å². The van der Waals surface area contributed by atoms with E-state index in [1.165, 1.54) is 0 Å². The van der Waals surface area contributed by atoms with E-state index in [1.807, 2.05) is 21.2 Å². The lowest BCUT2D eigenvalue weighted by molar-refractivity contribution is -0.0226. The van der Waals surface area contributed by atoms with Crippen molar-refractivity contribution in [2.24, 2.45) is 0 Å². The van der Waals surface area contributed by atoms with E-state index in [4.69, 9.17) is 4.74 Å². The maximum Gasteiger partial charge on any atom is 0.257 e. The highest BCUT2D eigenvalue weighted by Gasteiger charge is 2.27. The molecule has 0 radical (unpaired) electrons. The van der Waals surface area contributed by atoms with Gasteiger partial charge in [-0.2, -0.15) is 16.4 Å². The average Bonchev–Trinajstić information content (AvgIpc) is 3.34. The van der Waals surface area contributed by atoms with E-state index < -0.39 is 0 Å². The molecule has 24 heavy (non-hydrogen) atoms. The van der Waals surface area contributed by atoms with Gasteiger partial charge in [-0.25, -0.2) is 0 Å². The molecule has 2 aromatic heterocycles. The molecule has 2 unspecified atom stereocenters. The van der Waals surface area contributed by atoms with E-state index in [0.717, 1.165) is 31.5 Å². The van der Waals surface area contributed by atoms with Crippen molar-refractivity contribution in [3.63, 3.8) is 0 Å². The number of nitrogens with one attached hydrogen (secondary N) is 1. The summed E-state index contributed by atoms with van der Waals surface area (Å²) in [5.74, 6) is 0.0496. The first-order valence-electron chi connectivity index (χ1n) is 8.49. The Hall–Kier alpha value is -1.70. The van der Waals surface area contributed by atoms with Crippen LogP contribution in [0, 0.1) is 0 Å². The molecule has 0 saturated carbocycles. The molecule has 0 aliphatic carbocycles. The summed E-state index contributed by atoms with van der Waals surface area (Å²) >= 11 is 1.66. The average molecular weight is 346 g/mol. The van der Waals surface area contributed by atoms with E-state index >= 15 is 0 Å². The normalized spacial score (nSPS) is 24.9. The Morgan fingerprint density at radius 2 is 2.42 bits per heavy atom. The molecule has 6 nitrogen and oxygen atoms in total. The molecule has 2 aliphatic rings. The molecule has 1 N–H and O–H groups in total. The van der Waals surface area contributed by atoms with Gasteiger partial charge in [0.05, 0.1) is 31.0 Å². The summed E-state index contributed by atoms with van der Waals surface area (Å²) < 4.78 is 7.76. The molecule has 4 heterocycles. The van der Waals surface area contributed by atoms with Crippen molar-refractivity contribution >= 4 is 17.2 Å². The molecule has 2 saturated heterocycles. The molecule has 0 bridgehead atoms. The Morgan fingerprint density at radius 3 is 3.21 bits per heavy atom. The van der Waals surface area contributed by atoms with Crippen LogP contribution in [0.4, 0.5) is 0 Å². The zero-order chi connectivity index (χ0) is 16.4. The number of ether oxygens (including phenoxy) is 1. The highest BCUT2D eigenvalue weighted by Crippen LogP contribution is 2.25. The number of thiophene rings is 1. The fourth-order valence-electron chi connectivity index (χ4n) is 3.38. The SMILES string of the molecule is O=C(c1cnn(C2CCCNC2)c1)N1CCOC(c2ccsc2)C1. The van der Waals surface area contributed by atoms with Gasteiger partial charge < -0.3 is 15.0 Å². The Kier molecular flexibility index (Phi) is 4.64. The second-order valence-electron chi connectivity index (χ2n) is 6.38. The largest absolute Gasteiger partial charge is 0.370 e. The van der Waals surface area contributed by atoms with E-state index in [9.17, 15) is 4.79 Å². The van der Waals surface area contributed by atoms with Crippen LogP contribution in [-0.2, 0) is 4.74 Å². The molecular formula is C17H22N4O2S. The fourth-order valence-corrected chi connectivity index (χ4v) is 4.09. The zero-order valence-corrected chi connectivity index (χ0v) is 14.4. The van der Waals surface area contributed by atoms with E-state index in [1.54, 1.807) is 17.5 Å². The molecule has 2 fully saturated rings. The molecular weight excluding hydrogens is 324 g/mol. The van der Waals surface area contributed by atoms with Crippen molar-refractivity contribution < 1.29 is 9.53 Å². The van der Waals surface area contributed by atoms with Crippen LogP contribution in [0.15, 0.2) is 29.2 Å². The lowest BCUT2D eigenvalue weighted by Gasteiger charge is -2.32. The van der Waals surface area contributed by atoms with Gasteiger partial charge in [-0.1, -0.05) is 0 Å². The molecule has 1 amide bonds. The molecule has 0 spiro atoms. The third-order valence-electron chi connectivity index (χ3n) is 4.76. The first kappa shape index (κ1) is 15.8. The van der Waals surface area contributed by atoms with Gasteiger partial charge in [0.1, 0.15) is 6.10 Å². The highest BCUT2D eigenvalue weighted by atomic mass is 32.1. The molecule has 0 aromatic carbocycles. The number of carbonyl (C=O) groups excluding carboxylic acids is 1. The van der Waals surface area contributed by atoms with Gasteiger partial charge >= 0.3 is 0 Å². The van der Waals surface area contributed by atoms with Crippen LogP contribution in [0.5, 0.6) is 0 Å². The predicted octanol–water partition coefficient (Wildman–Crippen LogP) is 2.08. The number of aromatic nitrogens is 2. The smallest absolute Gasteiger partial charge is 0.257 e. The van der Waals surface area contributed by atoms with Crippen LogP contribution in [0.25, 0.3) is 0 Å². The van der Waals surface area contributed by atoms with Crippen molar-refractivity contribution in [3.8, 4) is 0 Å². The van der Waals surface area contributed by atoms with Crippen molar-refractivity contribution in [2.75, 3.05) is 32.8 Å². The van der Waals surface area contributed by atoms with Gasteiger partial charge in [-0.05, 0) is 41.8 Å². The van der Waals surface area contributed by atoms with Gasteiger partial charge in [-0.3, -0.25) is 9.48 Å². The minimum absolute atomic E-state index is 0.0217. The van der Waals surface area contributed by atoms with Crippen LogP contribution in [0.1, 0.15) is 40.9 Å². The maximum absolute atomic E-state index is 12.8. The summed E-state index contributed by atoms with van der Waals surface area (Å²) in [6.07, 6.45) is 5.84. The topological polar surface area (TPSA) is 59.4 Å². The molecule has 2 atom stereocenters. The fraction of sp³-hybridized carbons (Fsp3) is 0.529. The minimum atomic E-state index is -0.0217. The van der Waals surface area contributed by atoms with Crippen molar-refractivity contribution in [2.45, 2.75) is 25.0 Å². The van der Waals surface area contributed by atoms with Gasteiger partial charge in [0.25, 0.3) is 5.91 Å². The Morgan fingerprint density at radius 1 is 1.46 bits per heavy atom. The Labute approximate surface area is 145 Å². The van der Waals surface area contributed by atoms with E-state index in [2.05, 4.69) is 21.9 Å². The lowest BCUT2D eigenvalue weighted by atomic mass is 10.1. The zero-order valence-electron chi connectivity index (χ0n) is 13.6. The van der Waals surface area contributed by atoms with Gasteiger partial charge in [0.2, 0.25) is 0 Å². The number of hydrogen-bond donors (Lipinski definition) is 1. The summed E-state index contributed by atoms with van der Waals surface area (Å²) in [4.78, 5) is 14.7.